The zero-order valence-corrected chi connectivity index (χ0v) is 12.5. The monoisotopic (exact) mass is 299 g/mol. The summed E-state index contributed by atoms with van der Waals surface area (Å²) in [4.78, 5) is 24.3. The van der Waals surface area contributed by atoms with Gasteiger partial charge < -0.3 is 10.1 Å². The normalized spacial score (nSPS) is 17.9. The third-order valence-corrected chi connectivity index (χ3v) is 3.37. The number of cyclic esters (lactones) is 1. The molecule has 0 aliphatic carbocycles. The minimum Gasteiger partial charge on any atom is -0.442 e. The van der Waals surface area contributed by atoms with E-state index in [2.05, 4.69) is 5.32 Å². The number of carbonyl (C=O) groups is 2. The van der Waals surface area contributed by atoms with Crippen molar-refractivity contribution in [2.45, 2.75) is 20.0 Å². The Kier molecular flexibility index (Phi) is 4.79. The summed E-state index contributed by atoms with van der Waals surface area (Å²) < 4.78 is 5.21. The SMILES string of the molecule is CC(=O)NCC1CN(c2ccc(/C(C)=C\C#N)cc2)C(=O)O1. The molecule has 1 N–H and O–H groups in total. The number of hydrogen-bond acceptors (Lipinski definition) is 4. The molecule has 114 valence electrons. The maximum atomic E-state index is 11.9. The number of hydrogen-bond donors (Lipinski definition) is 1. The van der Waals surface area contributed by atoms with Gasteiger partial charge in [0.05, 0.1) is 19.2 Å². The summed E-state index contributed by atoms with van der Waals surface area (Å²) >= 11 is 0. The largest absolute Gasteiger partial charge is 0.442 e. The van der Waals surface area contributed by atoms with Crippen molar-refractivity contribution in [2.24, 2.45) is 0 Å². The second-order valence-corrected chi connectivity index (χ2v) is 5.06. The van der Waals surface area contributed by atoms with Crippen LogP contribution in [0.2, 0.25) is 0 Å². The van der Waals surface area contributed by atoms with Crippen molar-refractivity contribution in [1.29, 1.82) is 5.26 Å². The number of allylic oxidation sites excluding steroid dienone is 2. The van der Waals surface area contributed by atoms with E-state index in [1.165, 1.54) is 17.9 Å². The standard InChI is InChI=1S/C16H17N3O3/c1-11(7-8-17)13-3-5-14(6-4-13)19-10-15(22-16(19)21)9-18-12(2)20/h3-7,15H,9-10H2,1-2H3,(H,18,20)/b11-7-. The van der Waals surface area contributed by atoms with Gasteiger partial charge in [-0.3, -0.25) is 9.69 Å². The van der Waals surface area contributed by atoms with Crippen LogP contribution in [0.15, 0.2) is 30.3 Å². The highest BCUT2D eigenvalue weighted by Crippen LogP contribution is 2.24. The predicted molar refractivity (Wildman–Crippen MR) is 82.0 cm³/mol. The van der Waals surface area contributed by atoms with Gasteiger partial charge in [-0.15, -0.1) is 0 Å². The summed E-state index contributed by atoms with van der Waals surface area (Å²) in [5, 5.41) is 11.3. The molecule has 0 saturated carbocycles. The van der Waals surface area contributed by atoms with Crippen molar-refractivity contribution in [3.63, 3.8) is 0 Å². The molecule has 1 aliphatic heterocycles. The van der Waals surface area contributed by atoms with E-state index < -0.39 is 6.09 Å². The van der Waals surface area contributed by atoms with Gasteiger partial charge in [0.25, 0.3) is 0 Å². The number of nitrogens with zero attached hydrogens (tertiary/aromatic N) is 2. The van der Waals surface area contributed by atoms with E-state index in [1.54, 1.807) is 0 Å². The van der Waals surface area contributed by atoms with E-state index >= 15 is 0 Å². The van der Waals surface area contributed by atoms with Crippen LogP contribution < -0.4 is 10.2 Å². The molecule has 6 nitrogen and oxygen atoms in total. The van der Waals surface area contributed by atoms with Crippen LogP contribution >= 0.6 is 0 Å². The van der Waals surface area contributed by atoms with Crippen molar-refractivity contribution in [2.75, 3.05) is 18.0 Å². The minimum atomic E-state index is -0.424. The quantitative estimate of drug-likeness (QED) is 0.863. The molecular weight excluding hydrogens is 282 g/mol. The summed E-state index contributed by atoms with van der Waals surface area (Å²) in [6.07, 6.45) is 0.700. The molecule has 0 spiro atoms. The van der Waals surface area contributed by atoms with Crippen LogP contribution in [0.5, 0.6) is 0 Å². The van der Waals surface area contributed by atoms with Gasteiger partial charge in [-0.05, 0) is 30.2 Å². The smallest absolute Gasteiger partial charge is 0.414 e. The molecule has 6 heteroatoms. The average Bonchev–Trinajstić information content (AvgIpc) is 2.86. The first-order valence-electron chi connectivity index (χ1n) is 6.90. The van der Waals surface area contributed by atoms with Gasteiger partial charge in [0.2, 0.25) is 5.91 Å². The van der Waals surface area contributed by atoms with Crippen molar-refractivity contribution in [1.82, 2.24) is 5.32 Å². The molecule has 0 aromatic heterocycles. The number of benzene rings is 1. The molecule has 1 unspecified atom stereocenters. The fraction of sp³-hybridized carbons (Fsp3) is 0.312. The van der Waals surface area contributed by atoms with E-state index in [4.69, 9.17) is 10.00 Å². The lowest BCUT2D eigenvalue weighted by atomic mass is 10.1. The number of ether oxygens (including phenoxy) is 1. The van der Waals surface area contributed by atoms with Crippen molar-refractivity contribution < 1.29 is 14.3 Å². The van der Waals surface area contributed by atoms with Crippen LogP contribution in [0.4, 0.5) is 10.5 Å². The first-order chi connectivity index (χ1) is 10.5. The van der Waals surface area contributed by atoms with E-state index in [9.17, 15) is 9.59 Å². The highest BCUT2D eigenvalue weighted by Gasteiger charge is 2.32. The van der Waals surface area contributed by atoms with Crippen LogP contribution in [0.25, 0.3) is 5.57 Å². The maximum Gasteiger partial charge on any atom is 0.414 e. The summed E-state index contributed by atoms with van der Waals surface area (Å²) in [5.74, 6) is -0.154. The summed E-state index contributed by atoms with van der Waals surface area (Å²) in [6.45, 7) is 3.97. The first-order valence-corrected chi connectivity index (χ1v) is 6.90. The molecule has 1 fully saturated rings. The lowest BCUT2D eigenvalue weighted by Gasteiger charge is -2.13. The van der Waals surface area contributed by atoms with Gasteiger partial charge in [0, 0.05) is 18.7 Å². The Morgan fingerprint density at radius 1 is 1.45 bits per heavy atom. The summed E-state index contributed by atoms with van der Waals surface area (Å²) in [5.41, 5.74) is 2.51. The molecule has 1 aliphatic rings. The fourth-order valence-corrected chi connectivity index (χ4v) is 2.18. The molecule has 1 aromatic carbocycles. The van der Waals surface area contributed by atoms with Crippen LogP contribution in [0.1, 0.15) is 19.4 Å². The molecule has 1 aromatic rings. The Morgan fingerprint density at radius 2 is 2.14 bits per heavy atom. The van der Waals surface area contributed by atoms with Crippen molar-refractivity contribution in [3.05, 3.63) is 35.9 Å². The molecule has 0 bridgehead atoms. The average molecular weight is 299 g/mol. The summed E-state index contributed by atoms with van der Waals surface area (Å²) in [6, 6.07) is 9.32. The summed E-state index contributed by atoms with van der Waals surface area (Å²) in [7, 11) is 0. The lowest BCUT2D eigenvalue weighted by molar-refractivity contribution is -0.119. The molecule has 2 rings (SSSR count). The zero-order chi connectivity index (χ0) is 16.1. The molecule has 0 radical (unpaired) electrons. The lowest BCUT2D eigenvalue weighted by Crippen LogP contribution is -2.33. The molecule has 2 amide bonds. The molecule has 1 saturated heterocycles. The second-order valence-electron chi connectivity index (χ2n) is 5.06. The zero-order valence-electron chi connectivity index (χ0n) is 12.5. The van der Waals surface area contributed by atoms with Gasteiger partial charge >= 0.3 is 6.09 Å². The third kappa shape index (κ3) is 3.64. The maximum absolute atomic E-state index is 11.9. The highest BCUT2D eigenvalue weighted by atomic mass is 16.6. The van der Waals surface area contributed by atoms with Crippen LogP contribution in [-0.4, -0.2) is 31.2 Å². The fourth-order valence-electron chi connectivity index (χ4n) is 2.18. The number of carbonyl (C=O) groups excluding carboxylic acids is 2. The van der Waals surface area contributed by atoms with Gasteiger partial charge in [-0.2, -0.15) is 5.26 Å². The van der Waals surface area contributed by atoms with Crippen LogP contribution in [-0.2, 0) is 9.53 Å². The predicted octanol–water partition coefficient (Wildman–Crippen LogP) is 2.07. The molecule has 1 atom stereocenters. The van der Waals surface area contributed by atoms with Crippen molar-refractivity contribution in [3.8, 4) is 6.07 Å². The third-order valence-electron chi connectivity index (χ3n) is 3.37. The van der Waals surface area contributed by atoms with Crippen LogP contribution in [0.3, 0.4) is 0 Å². The van der Waals surface area contributed by atoms with E-state index in [1.807, 2.05) is 37.3 Å². The van der Waals surface area contributed by atoms with Gasteiger partial charge in [0.1, 0.15) is 6.10 Å². The molecule has 1 heterocycles. The highest BCUT2D eigenvalue weighted by molar-refractivity contribution is 5.90. The Morgan fingerprint density at radius 3 is 2.73 bits per heavy atom. The number of amides is 2. The second kappa shape index (κ2) is 6.76. The number of nitrogens with one attached hydrogen (secondary N) is 1. The van der Waals surface area contributed by atoms with E-state index in [-0.39, 0.29) is 12.0 Å². The Hall–Kier alpha value is -2.81. The van der Waals surface area contributed by atoms with Crippen molar-refractivity contribution >= 4 is 23.3 Å². The minimum absolute atomic E-state index is 0.154. The van der Waals surface area contributed by atoms with E-state index in [0.29, 0.717) is 13.1 Å². The molecular formula is C16H17N3O3. The van der Waals surface area contributed by atoms with Crippen LogP contribution in [0, 0.1) is 11.3 Å². The molecule has 22 heavy (non-hydrogen) atoms. The Bertz CT molecular complexity index is 644. The Labute approximate surface area is 129 Å². The van der Waals surface area contributed by atoms with Gasteiger partial charge in [-0.1, -0.05) is 12.1 Å². The topological polar surface area (TPSA) is 82.4 Å². The van der Waals surface area contributed by atoms with Gasteiger partial charge in [0.15, 0.2) is 0 Å². The number of nitriles is 1. The first kappa shape index (κ1) is 15.6. The number of anilines is 1. The number of rotatable bonds is 4. The van der Waals surface area contributed by atoms with E-state index in [0.717, 1.165) is 16.8 Å². The Balaban J connectivity index is 2.06. The van der Waals surface area contributed by atoms with Gasteiger partial charge in [-0.25, -0.2) is 4.79 Å².